The van der Waals surface area contributed by atoms with Gasteiger partial charge in [0.15, 0.2) is 0 Å². The van der Waals surface area contributed by atoms with Gasteiger partial charge in [-0.05, 0) is 31.0 Å². The number of hydrogen-bond acceptors (Lipinski definition) is 3. The van der Waals surface area contributed by atoms with Gasteiger partial charge in [0.25, 0.3) is 0 Å². The van der Waals surface area contributed by atoms with Gasteiger partial charge in [0.2, 0.25) is 10.0 Å². The molecule has 0 saturated carbocycles. The summed E-state index contributed by atoms with van der Waals surface area (Å²) in [4.78, 5) is 11.1. The van der Waals surface area contributed by atoms with E-state index in [1.54, 1.807) is 6.92 Å². The van der Waals surface area contributed by atoms with Crippen molar-refractivity contribution in [3.05, 3.63) is 27.7 Å². The van der Waals surface area contributed by atoms with Gasteiger partial charge >= 0.3 is 5.97 Å². The first-order chi connectivity index (χ1) is 9.79. The molecule has 0 aromatic heterocycles. The molecule has 0 unspecified atom stereocenters. The van der Waals surface area contributed by atoms with Gasteiger partial charge in [0, 0.05) is 11.0 Å². The number of aromatic carboxylic acids is 1. The topological polar surface area (TPSA) is 83.5 Å². The summed E-state index contributed by atoms with van der Waals surface area (Å²) in [5.41, 5.74) is 0.486. The Morgan fingerprint density at radius 2 is 1.95 bits per heavy atom. The predicted molar refractivity (Wildman–Crippen MR) is 85.2 cm³/mol. The van der Waals surface area contributed by atoms with Crippen LogP contribution in [0, 0.1) is 6.92 Å². The van der Waals surface area contributed by atoms with Crippen molar-refractivity contribution >= 4 is 31.9 Å². The van der Waals surface area contributed by atoms with Gasteiger partial charge in [-0.2, -0.15) is 0 Å². The van der Waals surface area contributed by atoms with Crippen molar-refractivity contribution in [1.29, 1.82) is 0 Å². The normalized spacial score (nSPS) is 11.6. The zero-order valence-corrected chi connectivity index (χ0v) is 14.6. The lowest BCUT2D eigenvalue weighted by molar-refractivity contribution is 0.0695. The van der Waals surface area contributed by atoms with Crippen LogP contribution in [-0.4, -0.2) is 26.0 Å². The van der Waals surface area contributed by atoms with E-state index in [9.17, 15) is 13.2 Å². The molecule has 1 rings (SSSR count). The first-order valence-electron chi connectivity index (χ1n) is 6.82. The van der Waals surface area contributed by atoms with E-state index in [1.165, 1.54) is 12.1 Å². The van der Waals surface area contributed by atoms with Gasteiger partial charge in [-0.1, -0.05) is 42.1 Å². The SMILES string of the molecule is CCCCCCNS(=O)(=O)c1cc(Br)c(C)c(C(=O)O)c1. The van der Waals surface area contributed by atoms with Crippen LogP contribution in [0.15, 0.2) is 21.5 Å². The Labute approximate surface area is 133 Å². The maximum atomic E-state index is 12.2. The van der Waals surface area contributed by atoms with Crippen molar-refractivity contribution in [3.63, 3.8) is 0 Å². The standard InChI is InChI=1S/C14H20BrNO4S/c1-3-4-5-6-7-16-21(19,20)11-8-12(14(17)18)10(2)13(15)9-11/h8-9,16H,3-7H2,1-2H3,(H,17,18). The number of benzene rings is 1. The summed E-state index contributed by atoms with van der Waals surface area (Å²) >= 11 is 3.20. The van der Waals surface area contributed by atoms with Crippen molar-refractivity contribution in [2.45, 2.75) is 44.4 Å². The zero-order chi connectivity index (χ0) is 16.0. The molecule has 0 amide bonds. The average molecular weight is 378 g/mol. The van der Waals surface area contributed by atoms with E-state index in [0.29, 0.717) is 16.6 Å². The fourth-order valence-corrected chi connectivity index (χ4v) is 3.61. The fourth-order valence-electron chi connectivity index (χ4n) is 1.87. The third-order valence-electron chi connectivity index (χ3n) is 3.18. The molecule has 0 aliphatic carbocycles. The molecule has 0 fully saturated rings. The van der Waals surface area contributed by atoms with E-state index >= 15 is 0 Å². The maximum absolute atomic E-state index is 12.2. The summed E-state index contributed by atoms with van der Waals surface area (Å²) in [5, 5.41) is 9.12. The van der Waals surface area contributed by atoms with E-state index < -0.39 is 16.0 Å². The zero-order valence-electron chi connectivity index (χ0n) is 12.1. The largest absolute Gasteiger partial charge is 0.478 e. The minimum Gasteiger partial charge on any atom is -0.478 e. The lowest BCUT2D eigenvalue weighted by Gasteiger charge is -2.10. The molecule has 0 heterocycles. The molecule has 0 bridgehead atoms. The molecule has 0 radical (unpaired) electrons. The molecule has 118 valence electrons. The van der Waals surface area contributed by atoms with Crippen LogP contribution in [-0.2, 0) is 10.0 Å². The Hall–Kier alpha value is -0.920. The Morgan fingerprint density at radius 3 is 2.52 bits per heavy atom. The van der Waals surface area contributed by atoms with E-state index in [0.717, 1.165) is 25.7 Å². The molecular formula is C14H20BrNO4S. The smallest absolute Gasteiger partial charge is 0.336 e. The molecular weight excluding hydrogens is 358 g/mol. The Morgan fingerprint density at radius 1 is 1.29 bits per heavy atom. The quantitative estimate of drug-likeness (QED) is 0.680. The summed E-state index contributed by atoms with van der Waals surface area (Å²) in [6.07, 6.45) is 3.89. The summed E-state index contributed by atoms with van der Waals surface area (Å²) in [6.45, 7) is 4.07. The molecule has 0 atom stereocenters. The molecule has 7 heteroatoms. The molecule has 0 aliphatic rings. The number of carbonyl (C=O) groups is 1. The summed E-state index contributed by atoms with van der Waals surface area (Å²) in [7, 11) is -3.69. The second-order valence-corrected chi connectivity index (χ2v) is 7.46. The van der Waals surface area contributed by atoms with Crippen molar-refractivity contribution in [1.82, 2.24) is 4.72 Å². The highest BCUT2D eigenvalue weighted by Gasteiger charge is 2.19. The second kappa shape index (κ2) is 7.91. The van der Waals surface area contributed by atoms with Crippen molar-refractivity contribution in [3.8, 4) is 0 Å². The average Bonchev–Trinajstić information content (AvgIpc) is 2.40. The van der Waals surface area contributed by atoms with Crippen LogP contribution in [0.1, 0.15) is 48.5 Å². The number of carboxylic acid groups (broad SMARTS) is 1. The molecule has 1 aromatic rings. The van der Waals surface area contributed by atoms with E-state index in [2.05, 4.69) is 27.6 Å². The van der Waals surface area contributed by atoms with Gasteiger partial charge in [0.1, 0.15) is 0 Å². The lowest BCUT2D eigenvalue weighted by atomic mass is 10.1. The van der Waals surface area contributed by atoms with Crippen LogP contribution >= 0.6 is 15.9 Å². The van der Waals surface area contributed by atoms with Gasteiger partial charge in [-0.3, -0.25) is 0 Å². The minimum absolute atomic E-state index is 0.0178. The Balaban J connectivity index is 2.91. The molecule has 0 spiro atoms. The molecule has 1 aromatic carbocycles. The van der Waals surface area contributed by atoms with E-state index in [4.69, 9.17) is 5.11 Å². The van der Waals surface area contributed by atoms with Gasteiger partial charge in [-0.15, -0.1) is 0 Å². The lowest BCUT2D eigenvalue weighted by Crippen LogP contribution is -2.25. The number of sulfonamides is 1. The molecule has 5 nitrogen and oxygen atoms in total. The minimum atomic E-state index is -3.69. The molecule has 2 N–H and O–H groups in total. The van der Waals surface area contributed by atoms with Crippen LogP contribution in [0.2, 0.25) is 0 Å². The molecule has 21 heavy (non-hydrogen) atoms. The van der Waals surface area contributed by atoms with Crippen LogP contribution < -0.4 is 4.72 Å². The number of halogens is 1. The Bertz CT molecular complexity index is 614. The number of hydrogen-bond donors (Lipinski definition) is 2. The van der Waals surface area contributed by atoms with Gasteiger partial charge < -0.3 is 5.11 Å². The highest BCUT2D eigenvalue weighted by molar-refractivity contribution is 9.10. The highest BCUT2D eigenvalue weighted by Crippen LogP contribution is 2.25. The maximum Gasteiger partial charge on any atom is 0.336 e. The van der Waals surface area contributed by atoms with Crippen LogP contribution in [0.5, 0.6) is 0 Å². The highest BCUT2D eigenvalue weighted by atomic mass is 79.9. The number of rotatable bonds is 8. The summed E-state index contributed by atoms with van der Waals surface area (Å²) in [6, 6.07) is 2.62. The van der Waals surface area contributed by atoms with E-state index in [-0.39, 0.29) is 10.5 Å². The first kappa shape index (κ1) is 18.1. The number of unbranched alkanes of at least 4 members (excludes halogenated alkanes) is 3. The molecule has 0 aliphatic heterocycles. The monoisotopic (exact) mass is 377 g/mol. The number of nitrogens with one attached hydrogen (secondary N) is 1. The summed E-state index contributed by atoms with van der Waals surface area (Å²) in [5.74, 6) is -1.15. The number of carboxylic acids is 1. The predicted octanol–water partition coefficient (Wildman–Crippen LogP) is 3.31. The first-order valence-corrected chi connectivity index (χ1v) is 9.10. The Kier molecular flexibility index (Phi) is 6.83. The van der Waals surface area contributed by atoms with Crippen molar-refractivity contribution < 1.29 is 18.3 Å². The van der Waals surface area contributed by atoms with Crippen molar-refractivity contribution in [2.24, 2.45) is 0 Å². The van der Waals surface area contributed by atoms with Crippen LogP contribution in [0.25, 0.3) is 0 Å². The third kappa shape index (κ3) is 5.09. The van der Waals surface area contributed by atoms with Crippen molar-refractivity contribution in [2.75, 3.05) is 6.54 Å². The van der Waals surface area contributed by atoms with Gasteiger partial charge in [-0.25, -0.2) is 17.9 Å². The summed E-state index contributed by atoms with van der Waals surface area (Å²) < 4.78 is 27.3. The van der Waals surface area contributed by atoms with Gasteiger partial charge in [0.05, 0.1) is 10.5 Å². The third-order valence-corrected chi connectivity index (χ3v) is 5.45. The van der Waals surface area contributed by atoms with Crippen LogP contribution in [0.4, 0.5) is 0 Å². The van der Waals surface area contributed by atoms with Crippen LogP contribution in [0.3, 0.4) is 0 Å². The van der Waals surface area contributed by atoms with E-state index in [1.807, 2.05) is 0 Å². The second-order valence-electron chi connectivity index (χ2n) is 4.84. The molecule has 0 saturated heterocycles. The fraction of sp³-hybridized carbons (Fsp3) is 0.500.